The Kier molecular flexibility index (Phi) is 8.46. The highest BCUT2D eigenvalue weighted by molar-refractivity contribution is 5.71. The number of carbonyl (C=O) groups excluding carboxylic acids is 1. The molecular formula is C30H32N2O5. The van der Waals surface area contributed by atoms with Crippen LogP contribution < -0.4 is 14.2 Å². The predicted octanol–water partition coefficient (Wildman–Crippen LogP) is 6.86. The lowest BCUT2D eigenvalue weighted by Crippen LogP contribution is -2.35. The molecule has 1 aromatic heterocycles. The maximum absolute atomic E-state index is 12.8. The third-order valence-electron chi connectivity index (χ3n) is 6.19. The molecular weight excluding hydrogens is 468 g/mol. The van der Waals surface area contributed by atoms with Crippen LogP contribution >= 0.6 is 0 Å². The average molecular weight is 501 g/mol. The van der Waals surface area contributed by atoms with Gasteiger partial charge in [-0.05, 0) is 74.9 Å². The molecule has 0 N–H and O–H groups in total. The Morgan fingerprint density at radius 1 is 0.946 bits per heavy atom. The molecule has 0 radical (unpaired) electrons. The number of ether oxygens (including phenoxy) is 3. The summed E-state index contributed by atoms with van der Waals surface area (Å²) in [6.07, 6.45) is 0.236. The summed E-state index contributed by atoms with van der Waals surface area (Å²) in [5.74, 6) is 3.35. The van der Waals surface area contributed by atoms with E-state index in [0.29, 0.717) is 37.0 Å². The van der Waals surface area contributed by atoms with Crippen molar-refractivity contribution >= 4 is 6.09 Å². The second-order valence-electron chi connectivity index (χ2n) is 8.56. The van der Waals surface area contributed by atoms with Crippen molar-refractivity contribution in [1.29, 1.82) is 0 Å². The number of aromatic nitrogens is 1. The Hall–Kier alpha value is -4.26. The van der Waals surface area contributed by atoms with Crippen molar-refractivity contribution in [2.45, 2.75) is 33.2 Å². The molecule has 1 unspecified atom stereocenters. The average Bonchev–Trinajstić information content (AvgIpc) is 3.30. The highest BCUT2D eigenvalue weighted by atomic mass is 16.6. The maximum atomic E-state index is 12.8. The molecule has 0 saturated heterocycles. The summed E-state index contributed by atoms with van der Waals surface area (Å²) < 4.78 is 22.5. The predicted molar refractivity (Wildman–Crippen MR) is 142 cm³/mol. The van der Waals surface area contributed by atoms with Crippen LogP contribution in [0.25, 0.3) is 11.5 Å². The molecule has 37 heavy (non-hydrogen) atoms. The van der Waals surface area contributed by atoms with E-state index in [0.717, 1.165) is 28.3 Å². The summed E-state index contributed by atoms with van der Waals surface area (Å²) in [4.78, 5) is 19.1. The third-order valence-corrected chi connectivity index (χ3v) is 6.19. The fourth-order valence-corrected chi connectivity index (χ4v) is 4.02. The smallest absolute Gasteiger partial charge is 0.415 e. The number of aryl methyl sites for hydroxylation is 1. The minimum absolute atomic E-state index is 0.168. The highest BCUT2D eigenvalue weighted by Crippen LogP contribution is 2.26. The normalized spacial score (nSPS) is 11.6. The molecule has 0 aliphatic carbocycles. The first-order chi connectivity index (χ1) is 18.0. The zero-order chi connectivity index (χ0) is 26.2. The van der Waals surface area contributed by atoms with E-state index in [4.69, 9.17) is 18.6 Å². The van der Waals surface area contributed by atoms with Crippen molar-refractivity contribution in [3.05, 3.63) is 95.9 Å². The number of methoxy groups -OCH3 is 1. The number of nitrogens with zero attached hydrogens (tertiary/aromatic N) is 2. The number of rotatable bonds is 10. The molecule has 1 amide bonds. The molecule has 3 aromatic carbocycles. The Morgan fingerprint density at radius 3 is 2.24 bits per heavy atom. The van der Waals surface area contributed by atoms with Crippen LogP contribution in [0.15, 0.2) is 83.3 Å². The van der Waals surface area contributed by atoms with E-state index >= 15 is 0 Å². The number of carbonyl (C=O) groups is 1. The second kappa shape index (κ2) is 12.1. The van der Waals surface area contributed by atoms with Gasteiger partial charge in [0.25, 0.3) is 0 Å². The van der Waals surface area contributed by atoms with Gasteiger partial charge in [0.05, 0.1) is 25.5 Å². The zero-order valence-corrected chi connectivity index (χ0v) is 21.6. The van der Waals surface area contributed by atoms with Crippen molar-refractivity contribution in [2.75, 3.05) is 20.3 Å². The van der Waals surface area contributed by atoms with Gasteiger partial charge in [0.2, 0.25) is 5.89 Å². The molecule has 1 heterocycles. The van der Waals surface area contributed by atoms with Crippen molar-refractivity contribution in [1.82, 2.24) is 9.88 Å². The van der Waals surface area contributed by atoms with Crippen molar-refractivity contribution in [3.63, 3.8) is 0 Å². The van der Waals surface area contributed by atoms with Crippen LogP contribution in [0.1, 0.15) is 36.9 Å². The van der Waals surface area contributed by atoms with E-state index in [1.807, 2.05) is 75.4 Å². The largest absolute Gasteiger partial charge is 0.497 e. The fraction of sp³-hybridized carbons (Fsp3) is 0.267. The Bertz CT molecular complexity index is 1280. The molecule has 0 aliphatic rings. The third kappa shape index (κ3) is 6.50. The number of benzene rings is 3. The SMILES string of the molecule is CCN(C(=O)Oc1ccc(OC)cc1)C(C)c1ccc(OCCc2nc(-c3ccccc3)oc2C)cc1. The Labute approximate surface area is 217 Å². The lowest BCUT2D eigenvalue weighted by Gasteiger charge is -2.27. The van der Waals surface area contributed by atoms with Gasteiger partial charge in [-0.2, -0.15) is 0 Å². The van der Waals surface area contributed by atoms with Crippen LogP contribution in [-0.2, 0) is 6.42 Å². The van der Waals surface area contributed by atoms with Gasteiger partial charge in [-0.3, -0.25) is 0 Å². The lowest BCUT2D eigenvalue weighted by molar-refractivity contribution is 0.138. The fourth-order valence-electron chi connectivity index (χ4n) is 4.02. The topological polar surface area (TPSA) is 74.0 Å². The molecule has 0 spiro atoms. The molecule has 4 rings (SSSR count). The number of amides is 1. The molecule has 0 fully saturated rings. The van der Waals surface area contributed by atoms with Gasteiger partial charge in [-0.1, -0.05) is 30.3 Å². The Morgan fingerprint density at radius 2 is 1.59 bits per heavy atom. The zero-order valence-electron chi connectivity index (χ0n) is 21.6. The first-order valence-electron chi connectivity index (χ1n) is 12.4. The van der Waals surface area contributed by atoms with E-state index in [9.17, 15) is 4.79 Å². The Balaban J connectivity index is 1.31. The van der Waals surface area contributed by atoms with E-state index in [-0.39, 0.29) is 6.04 Å². The quantitative estimate of drug-likeness (QED) is 0.237. The van der Waals surface area contributed by atoms with E-state index in [1.165, 1.54) is 0 Å². The van der Waals surface area contributed by atoms with Crippen LogP contribution in [0.3, 0.4) is 0 Å². The number of hydrogen-bond donors (Lipinski definition) is 0. The van der Waals surface area contributed by atoms with Gasteiger partial charge >= 0.3 is 6.09 Å². The van der Waals surface area contributed by atoms with Crippen LogP contribution in [0.2, 0.25) is 0 Å². The minimum Gasteiger partial charge on any atom is -0.497 e. The molecule has 0 saturated carbocycles. The van der Waals surface area contributed by atoms with E-state index in [1.54, 1.807) is 36.3 Å². The molecule has 7 nitrogen and oxygen atoms in total. The standard InChI is InChI=1S/C30H32N2O5/c1-5-32(30(33)37-27-17-15-25(34-4)16-18-27)21(2)23-11-13-26(14-12-23)35-20-19-28-22(3)36-29(31-28)24-9-7-6-8-10-24/h6-18,21H,5,19-20H2,1-4H3. The summed E-state index contributed by atoms with van der Waals surface area (Å²) in [5.41, 5.74) is 2.83. The first-order valence-corrected chi connectivity index (χ1v) is 12.4. The summed E-state index contributed by atoms with van der Waals surface area (Å²) in [5, 5.41) is 0. The lowest BCUT2D eigenvalue weighted by atomic mass is 10.1. The maximum Gasteiger partial charge on any atom is 0.415 e. The van der Waals surface area contributed by atoms with Crippen LogP contribution in [0.5, 0.6) is 17.2 Å². The van der Waals surface area contributed by atoms with Gasteiger partial charge in [-0.25, -0.2) is 9.78 Å². The van der Waals surface area contributed by atoms with Gasteiger partial charge in [0, 0.05) is 18.5 Å². The van der Waals surface area contributed by atoms with Gasteiger partial charge in [-0.15, -0.1) is 0 Å². The van der Waals surface area contributed by atoms with Gasteiger partial charge < -0.3 is 23.5 Å². The molecule has 192 valence electrons. The van der Waals surface area contributed by atoms with E-state index < -0.39 is 6.09 Å². The van der Waals surface area contributed by atoms with Gasteiger partial charge in [0.15, 0.2) is 0 Å². The second-order valence-corrected chi connectivity index (χ2v) is 8.56. The van der Waals surface area contributed by atoms with Crippen molar-refractivity contribution < 1.29 is 23.4 Å². The summed E-state index contributed by atoms with van der Waals surface area (Å²) in [6, 6.07) is 24.4. The first kappa shape index (κ1) is 25.8. The summed E-state index contributed by atoms with van der Waals surface area (Å²) in [6.45, 7) is 6.82. The van der Waals surface area contributed by atoms with Crippen LogP contribution in [0.4, 0.5) is 4.79 Å². The molecule has 4 aromatic rings. The highest BCUT2D eigenvalue weighted by Gasteiger charge is 2.22. The molecule has 0 bridgehead atoms. The van der Waals surface area contributed by atoms with Crippen molar-refractivity contribution in [2.24, 2.45) is 0 Å². The molecule has 1 atom stereocenters. The number of oxazole rings is 1. The minimum atomic E-state index is -0.404. The van der Waals surface area contributed by atoms with Gasteiger partial charge in [0.1, 0.15) is 23.0 Å². The molecule has 0 aliphatic heterocycles. The summed E-state index contributed by atoms with van der Waals surface area (Å²) in [7, 11) is 1.59. The van der Waals surface area contributed by atoms with Crippen LogP contribution in [-0.4, -0.2) is 36.2 Å². The number of hydrogen-bond acceptors (Lipinski definition) is 6. The van der Waals surface area contributed by atoms with Crippen LogP contribution in [0, 0.1) is 6.92 Å². The molecule has 7 heteroatoms. The summed E-state index contributed by atoms with van der Waals surface area (Å²) >= 11 is 0. The monoisotopic (exact) mass is 500 g/mol. The van der Waals surface area contributed by atoms with E-state index in [2.05, 4.69) is 4.98 Å². The van der Waals surface area contributed by atoms with Crippen molar-refractivity contribution in [3.8, 4) is 28.7 Å².